The van der Waals surface area contributed by atoms with Crippen molar-refractivity contribution in [1.82, 2.24) is 10.2 Å². The van der Waals surface area contributed by atoms with Gasteiger partial charge in [0, 0.05) is 17.2 Å². The number of aromatic nitrogens is 2. The second-order valence-corrected chi connectivity index (χ2v) is 3.64. The van der Waals surface area contributed by atoms with Gasteiger partial charge in [-0.25, -0.2) is 0 Å². The van der Waals surface area contributed by atoms with Crippen molar-refractivity contribution in [2.75, 3.05) is 6.61 Å². The van der Waals surface area contributed by atoms with Crippen molar-refractivity contribution in [3.8, 4) is 0 Å². The van der Waals surface area contributed by atoms with Crippen LogP contribution in [-0.2, 0) is 5.41 Å². The molecule has 0 saturated carbocycles. The van der Waals surface area contributed by atoms with E-state index < -0.39 is 0 Å². The van der Waals surface area contributed by atoms with Crippen LogP contribution in [0.15, 0.2) is 12.3 Å². The summed E-state index contributed by atoms with van der Waals surface area (Å²) in [6.07, 6.45) is 1.57. The first-order valence-corrected chi connectivity index (χ1v) is 4.04. The van der Waals surface area contributed by atoms with E-state index in [1.54, 1.807) is 12.3 Å². The molecule has 0 aliphatic heterocycles. The van der Waals surface area contributed by atoms with Crippen molar-refractivity contribution >= 4 is 11.6 Å². The fourth-order valence-corrected chi connectivity index (χ4v) is 1.27. The molecule has 1 rings (SSSR count). The first-order valence-electron chi connectivity index (χ1n) is 3.66. The summed E-state index contributed by atoms with van der Waals surface area (Å²) in [6.45, 7) is 3.84. The van der Waals surface area contributed by atoms with Crippen molar-refractivity contribution in [3.63, 3.8) is 0 Å². The molecule has 0 radical (unpaired) electrons. The summed E-state index contributed by atoms with van der Waals surface area (Å²) in [5.41, 5.74) is 0.467. The van der Waals surface area contributed by atoms with E-state index >= 15 is 0 Å². The second kappa shape index (κ2) is 3.37. The van der Waals surface area contributed by atoms with Gasteiger partial charge in [0.05, 0.1) is 6.61 Å². The number of nitrogens with zero attached hydrogens (tertiary/aromatic N) is 2. The highest BCUT2D eigenvalue weighted by molar-refractivity contribution is 6.30. The molecule has 0 aliphatic rings. The fraction of sp³-hybridized carbons (Fsp3) is 0.500. The van der Waals surface area contributed by atoms with Gasteiger partial charge in [-0.1, -0.05) is 25.4 Å². The van der Waals surface area contributed by atoms with E-state index in [1.807, 2.05) is 13.8 Å². The van der Waals surface area contributed by atoms with E-state index in [2.05, 4.69) is 10.2 Å². The van der Waals surface area contributed by atoms with Crippen molar-refractivity contribution in [1.29, 1.82) is 0 Å². The third-order valence-electron chi connectivity index (χ3n) is 1.80. The Hall–Kier alpha value is -0.670. The average Bonchev–Trinajstić information content (AvgIpc) is 2.05. The maximum Gasteiger partial charge on any atom is 0.155 e. The fourth-order valence-electron chi connectivity index (χ4n) is 0.905. The first kappa shape index (κ1) is 9.42. The van der Waals surface area contributed by atoms with Crippen molar-refractivity contribution < 1.29 is 5.11 Å². The molecule has 0 atom stereocenters. The number of rotatable bonds is 2. The van der Waals surface area contributed by atoms with Crippen LogP contribution < -0.4 is 0 Å². The number of aliphatic hydroxyl groups excluding tert-OH is 1. The van der Waals surface area contributed by atoms with E-state index in [1.165, 1.54) is 0 Å². The molecule has 3 nitrogen and oxygen atoms in total. The van der Waals surface area contributed by atoms with Gasteiger partial charge in [0.1, 0.15) is 0 Å². The van der Waals surface area contributed by atoms with Gasteiger partial charge in [0.25, 0.3) is 0 Å². The topological polar surface area (TPSA) is 46.0 Å². The van der Waals surface area contributed by atoms with Gasteiger partial charge in [-0.3, -0.25) is 0 Å². The molecule has 0 bridgehead atoms. The molecule has 1 N–H and O–H groups in total. The molecule has 0 aliphatic carbocycles. The number of hydrogen-bond acceptors (Lipinski definition) is 3. The van der Waals surface area contributed by atoms with Gasteiger partial charge >= 0.3 is 0 Å². The summed E-state index contributed by atoms with van der Waals surface area (Å²) in [5, 5.41) is 16.7. The van der Waals surface area contributed by atoms with Gasteiger partial charge in [-0.05, 0) is 6.07 Å². The minimum absolute atomic E-state index is 0.0401. The lowest BCUT2D eigenvalue weighted by Gasteiger charge is -2.21. The molecule has 0 aromatic carbocycles. The van der Waals surface area contributed by atoms with Gasteiger partial charge in [0.15, 0.2) is 5.15 Å². The van der Waals surface area contributed by atoms with Gasteiger partial charge in [-0.15, -0.1) is 5.10 Å². The summed E-state index contributed by atoms with van der Waals surface area (Å²) in [5.74, 6) is 0. The molecule has 0 spiro atoms. The monoisotopic (exact) mass is 186 g/mol. The molecule has 0 amide bonds. The Kier molecular flexibility index (Phi) is 2.65. The van der Waals surface area contributed by atoms with Crippen molar-refractivity contribution in [2.24, 2.45) is 0 Å². The highest BCUT2D eigenvalue weighted by Crippen LogP contribution is 2.26. The zero-order valence-electron chi connectivity index (χ0n) is 7.08. The third-order valence-corrected chi connectivity index (χ3v) is 2.08. The van der Waals surface area contributed by atoms with Crippen LogP contribution in [0.1, 0.15) is 19.4 Å². The van der Waals surface area contributed by atoms with Crippen molar-refractivity contribution in [2.45, 2.75) is 19.3 Å². The SMILES string of the molecule is CC(C)(CO)c1ccnnc1Cl. The van der Waals surface area contributed by atoms with Crippen LogP contribution >= 0.6 is 11.6 Å². The quantitative estimate of drug-likeness (QED) is 0.760. The van der Waals surface area contributed by atoms with Crippen LogP contribution in [-0.4, -0.2) is 21.9 Å². The van der Waals surface area contributed by atoms with Gasteiger partial charge in [0.2, 0.25) is 0 Å². The standard InChI is InChI=1S/C8H11ClN2O/c1-8(2,5-12)6-3-4-10-11-7(6)9/h3-4,12H,5H2,1-2H3. The predicted octanol–water partition coefficient (Wildman–Crippen LogP) is 1.40. The number of hydrogen-bond donors (Lipinski definition) is 1. The summed E-state index contributed by atoms with van der Waals surface area (Å²) in [4.78, 5) is 0. The normalized spacial score (nSPS) is 11.7. The molecule has 1 aromatic rings. The molecule has 12 heavy (non-hydrogen) atoms. The van der Waals surface area contributed by atoms with Crippen LogP contribution in [0.4, 0.5) is 0 Å². The van der Waals surface area contributed by atoms with E-state index in [9.17, 15) is 0 Å². The van der Waals surface area contributed by atoms with Crippen LogP contribution in [0, 0.1) is 0 Å². The zero-order chi connectivity index (χ0) is 9.19. The lowest BCUT2D eigenvalue weighted by Crippen LogP contribution is -2.22. The highest BCUT2D eigenvalue weighted by atomic mass is 35.5. The largest absolute Gasteiger partial charge is 0.395 e. The first-order chi connectivity index (χ1) is 5.58. The van der Waals surface area contributed by atoms with Crippen molar-refractivity contribution in [3.05, 3.63) is 23.0 Å². The smallest absolute Gasteiger partial charge is 0.155 e. The molecule has 4 heteroatoms. The Morgan fingerprint density at radius 2 is 2.25 bits per heavy atom. The number of aliphatic hydroxyl groups is 1. The Balaban J connectivity index is 3.10. The summed E-state index contributed by atoms with van der Waals surface area (Å²) in [6, 6.07) is 1.77. The van der Waals surface area contributed by atoms with E-state index in [-0.39, 0.29) is 12.0 Å². The molecular formula is C8H11ClN2O. The lowest BCUT2D eigenvalue weighted by atomic mass is 9.87. The second-order valence-electron chi connectivity index (χ2n) is 3.28. The minimum Gasteiger partial charge on any atom is -0.395 e. The Morgan fingerprint density at radius 1 is 1.58 bits per heavy atom. The minimum atomic E-state index is -0.354. The van der Waals surface area contributed by atoms with Crippen LogP contribution in [0.3, 0.4) is 0 Å². The summed E-state index contributed by atoms with van der Waals surface area (Å²) >= 11 is 5.80. The van der Waals surface area contributed by atoms with E-state index in [0.29, 0.717) is 5.15 Å². The third kappa shape index (κ3) is 1.73. The van der Waals surface area contributed by atoms with Crippen LogP contribution in [0.5, 0.6) is 0 Å². The summed E-state index contributed by atoms with van der Waals surface area (Å²) in [7, 11) is 0. The Bertz CT molecular complexity index is 276. The van der Waals surface area contributed by atoms with Crippen LogP contribution in [0.2, 0.25) is 5.15 Å². The molecule has 0 fully saturated rings. The molecule has 0 saturated heterocycles. The Morgan fingerprint density at radius 3 is 2.75 bits per heavy atom. The predicted molar refractivity (Wildman–Crippen MR) is 47.2 cm³/mol. The average molecular weight is 187 g/mol. The van der Waals surface area contributed by atoms with Crippen LogP contribution in [0.25, 0.3) is 0 Å². The van der Waals surface area contributed by atoms with E-state index in [0.717, 1.165) is 5.56 Å². The lowest BCUT2D eigenvalue weighted by molar-refractivity contribution is 0.218. The maximum atomic E-state index is 9.07. The van der Waals surface area contributed by atoms with Gasteiger partial charge < -0.3 is 5.11 Å². The van der Waals surface area contributed by atoms with E-state index in [4.69, 9.17) is 16.7 Å². The maximum absolute atomic E-state index is 9.07. The molecule has 1 heterocycles. The molecular weight excluding hydrogens is 176 g/mol. The summed E-state index contributed by atoms with van der Waals surface area (Å²) < 4.78 is 0. The Labute approximate surface area is 76.4 Å². The highest BCUT2D eigenvalue weighted by Gasteiger charge is 2.22. The zero-order valence-corrected chi connectivity index (χ0v) is 7.84. The molecule has 66 valence electrons. The van der Waals surface area contributed by atoms with Gasteiger partial charge in [-0.2, -0.15) is 5.10 Å². The molecule has 1 aromatic heterocycles. The molecule has 0 unspecified atom stereocenters. The number of halogens is 1.